The second-order valence-electron chi connectivity index (χ2n) is 11.5. The maximum Gasteiger partial charge on any atom is 0.332 e. The van der Waals surface area contributed by atoms with Gasteiger partial charge in [0.05, 0.1) is 38.6 Å². The van der Waals surface area contributed by atoms with Gasteiger partial charge in [0.1, 0.15) is 18.8 Å². The molecule has 0 heterocycles. The van der Waals surface area contributed by atoms with Crippen molar-refractivity contribution in [3.8, 4) is 0 Å². The number of hydrogen-bond donors (Lipinski definition) is 2. The largest absolute Gasteiger partial charge is 0.463 e. The topological polar surface area (TPSA) is 138 Å². The van der Waals surface area contributed by atoms with Crippen molar-refractivity contribution >= 4 is 17.9 Å². The number of benzene rings is 1. The molecule has 10 heteroatoms. The van der Waals surface area contributed by atoms with Crippen LogP contribution in [0.15, 0.2) is 42.5 Å². The Hall–Kier alpha value is -2.79. The summed E-state index contributed by atoms with van der Waals surface area (Å²) in [7, 11) is 0. The van der Waals surface area contributed by atoms with Crippen LogP contribution in [0.2, 0.25) is 0 Å². The third-order valence-electron chi connectivity index (χ3n) is 7.53. The highest BCUT2D eigenvalue weighted by Crippen LogP contribution is 2.42. The number of aliphatic hydroxyl groups excluding tert-OH is 2. The van der Waals surface area contributed by atoms with E-state index >= 15 is 0 Å². The fourth-order valence-corrected chi connectivity index (χ4v) is 5.55. The molecule has 0 amide bonds. The number of unbranched alkanes of at least 4 members (excludes halogenated alkanes) is 1. The first kappa shape index (κ1) is 37.4. The van der Waals surface area contributed by atoms with Gasteiger partial charge in [-0.25, -0.2) is 4.79 Å². The van der Waals surface area contributed by atoms with E-state index in [0.29, 0.717) is 51.4 Å². The van der Waals surface area contributed by atoms with Gasteiger partial charge in [-0.2, -0.15) is 0 Å². The molecule has 10 nitrogen and oxygen atoms in total. The maximum atomic E-state index is 12.7. The third kappa shape index (κ3) is 15.8. The van der Waals surface area contributed by atoms with Crippen molar-refractivity contribution in [2.24, 2.45) is 11.8 Å². The highest BCUT2D eigenvalue weighted by Gasteiger charge is 2.46. The fraction of sp³-hybridized carbons (Fsp3) is 0.676. The average molecular weight is 621 g/mol. The normalized spacial score (nSPS) is 20.6. The van der Waals surface area contributed by atoms with Crippen LogP contribution in [0.1, 0.15) is 77.7 Å². The van der Waals surface area contributed by atoms with Crippen LogP contribution in [0.4, 0.5) is 0 Å². The van der Waals surface area contributed by atoms with Crippen molar-refractivity contribution < 1.29 is 48.3 Å². The van der Waals surface area contributed by atoms with Crippen LogP contribution in [-0.4, -0.2) is 85.6 Å². The molecule has 0 radical (unpaired) electrons. The number of rotatable bonds is 22. The first-order valence-electron chi connectivity index (χ1n) is 15.9. The summed E-state index contributed by atoms with van der Waals surface area (Å²) in [5.41, 5.74) is 1.16. The lowest BCUT2D eigenvalue weighted by atomic mass is 9.85. The number of carbonyl (C=O) groups excluding carboxylic acids is 3. The van der Waals surface area contributed by atoms with Crippen LogP contribution < -0.4 is 0 Å². The molecule has 5 atom stereocenters. The van der Waals surface area contributed by atoms with E-state index in [1.54, 1.807) is 0 Å². The van der Waals surface area contributed by atoms with Gasteiger partial charge in [-0.3, -0.25) is 9.59 Å². The van der Waals surface area contributed by atoms with Crippen molar-refractivity contribution in [3.63, 3.8) is 0 Å². The molecule has 0 aliphatic heterocycles. The van der Waals surface area contributed by atoms with Crippen molar-refractivity contribution in [1.82, 2.24) is 0 Å². The number of hydrogen-bond acceptors (Lipinski definition) is 10. The highest BCUT2D eigenvalue weighted by molar-refractivity contribution is 5.71. The van der Waals surface area contributed by atoms with E-state index in [1.165, 1.54) is 6.92 Å². The second kappa shape index (κ2) is 21.8. The number of ether oxygens (including phenoxy) is 5. The molecule has 44 heavy (non-hydrogen) atoms. The van der Waals surface area contributed by atoms with Crippen molar-refractivity contribution in [2.75, 3.05) is 33.0 Å². The zero-order chi connectivity index (χ0) is 32.2. The summed E-state index contributed by atoms with van der Waals surface area (Å²) in [6.07, 6.45) is 7.66. The van der Waals surface area contributed by atoms with E-state index in [1.807, 2.05) is 56.3 Å². The van der Waals surface area contributed by atoms with E-state index in [-0.39, 0.29) is 56.9 Å². The Morgan fingerprint density at radius 3 is 2.36 bits per heavy atom. The van der Waals surface area contributed by atoms with Gasteiger partial charge in [-0.05, 0) is 64.4 Å². The molecule has 2 N–H and O–H groups in total. The molecule has 1 aliphatic carbocycles. The van der Waals surface area contributed by atoms with E-state index in [4.69, 9.17) is 28.8 Å². The van der Waals surface area contributed by atoms with Crippen LogP contribution in [0.25, 0.3) is 0 Å². The average Bonchev–Trinajstić information content (AvgIpc) is 3.28. The first-order chi connectivity index (χ1) is 21.2. The second-order valence-corrected chi connectivity index (χ2v) is 11.5. The summed E-state index contributed by atoms with van der Waals surface area (Å²) in [5, 5.41) is 19.6. The summed E-state index contributed by atoms with van der Waals surface area (Å²) in [5.74, 6) is -1.36. The number of aliphatic hydroxyl groups is 2. The standard InChI is InChI=1S/C34H52O10/c1-25(2)42-33(38)14-10-5-4-9-13-29-30(18-17-28(37)16-15-27-11-7-6-8-12-27)32(23-31(29)43-26(3)36)44-34(39)24-41-22-21-40-20-19-35/h4,6-9,11-12,25,28-32,35,37H,5,10,13-24H2,1-3H3/b9-4-/t28-,29+,30+,31-,32+/m0/s1. The minimum Gasteiger partial charge on any atom is -0.463 e. The predicted molar refractivity (Wildman–Crippen MR) is 165 cm³/mol. The molecule has 0 saturated heterocycles. The number of aryl methyl sites for hydroxylation is 1. The summed E-state index contributed by atoms with van der Waals surface area (Å²) < 4.78 is 27.3. The van der Waals surface area contributed by atoms with Gasteiger partial charge in [0.25, 0.3) is 0 Å². The zero-order valence-electron chi connectivity index (χ0n) is 26.6. The molecule has 1 aromatic rings. The number of carbonyl (C=O) groups is 3. The smallest absolute Gasteiger partial charge is 0.332 e. The number of esters is 3. The van der Waals surface area contributed by atoms with Gasteiger partial charge in [0.15, 0.2) is 0 Å². The lowest BCUT2D eigenvalue weighted by Gasteiger charge is -2.26. The predicted octanol–water partition coefficient (Wildman–Crippen LogP) is 4.33. The minimum absolute atomic E-state index is 0.0845. The Kier molecular flexibility index (Phi) is 18.6. The Labute approximate surface area is 262 Å². The minimum atomic E-state index is -0.525. The molecule has 1 saturated carbocycles. The van der Waals surface area contributed by atoms with Gasteiger partial charge in [0.2, 0.25) is 0 Å². The van der Waals surface area contributed by atoms with Crippen LogP contribution in [0.3, 0.4) is 0 Å². The summed E-state index contributed by atoms with van der Waals surface area (Å²) in [6, 6.07) is 10.0. The Morgan fingerprint density at radius 2 is 1.66 bits per heavy atom. The molecule has 248 valence electrons. The summed E-state index contributed by atoms with van der Waals surface area (Å²) >= 11 is 0. The van der Waals surface area contributed by atoms with Gasteiger partial charge < -0.3 is 33.9 Å². The molecular formula is C34H52O10. The third-order valence-corrected chi connectivity index (χ3v) is 7.53. The van der Waals surface area contributed by atoms with Gasteiger partial charge >= 0.3 is 17.9 Å². The fourth-order valence-electron chi connectivity index (χ4n) is 5.55. The summed E-state index contributed by atoms with van der Waals surface area (Å²) in [4.78, 5) is 36.5. The van der Waals surface area contributed by atoms with E-state index in [9.17, 15) is 19.5 Å². The molecule has 0 bridgehead atoms. The molecule has 0 aromatic heterocycles. The Morgan fingerprint density at radius 1 is 0.932 bits per heavy atom. The monoisotopic (exact) mass is 620 g/mol. The molecule has 1 aromatic carbocycles. The number of allylic oxidation sites excluding steroid dienone is 2. The Bertz CT molecular complexity index is 980. The van der Waals surface area contributed by atoms with E-state index < -0.39 is 30.3 Å². The van der Waals surface area contributed by atoms with Crippen LogP contribution >= 0.6 is 0 Å². The van der Waals surface area contributed by atoms with Gasteiger partial charge in [0, 0.05) is 31.6 Å². The van der Waals surface area contributed by atoms with Crippen LogP contribution in [0, 0.1) is 11.8 Å². The van der Waals surface area contributed by atoms with Gasteiger partial charge in [-0.15, -0.1) is 0 Å². The lowest BCUT2D eigenvalue weighted by molar-refractivity contribution is -0.157. The van der Waals surface area contributed by atoms with E-state index in [0.717, 1.165) is 12.0 Å². The van der Waals surface area contributed by atoms with Crippen LogP contribution in [0.5, 0.6) is 0 Å². The molecule has 0 spiro atoms. The molecule has 1 aliphatic rings. The van der Waals surface area contributed by atoms with Crippen molar-refractivity contribution in [1.29, 1.82) is 0 Å². The zero-order valence-corrected chi connectivity index (χ0v) is 26.6. The lowest BCUT2D eigenvalue weighted by Crippen LogP contribution is -2.29. The summed E-state index contributed by atoms with van der Waals surface area (Å²) in [6.45, 7) is 5.34. The first-order valence-corrected chi connectivity index (χ1v) is 15.9. The van der Waals surface area contributed by atoms with Crippen molar-refractivity contribution in [2.45, 2.75) is 103 Å². The molecule has 1 fully saturated rings. The van der Waals surface area contributed by atoms with Gasteiger partial charge in [-0.1, -0.05) is 42.5 Å². The SMILES string of the molecule is CC(=O)O[C@H]1C[C@@H](OC(=O)COCCOCCO)[C@H](CC[C@@H](O)CCc2ccccc2)[C@H]1C/C=C\CCCC(=O)OC(C)C. The van der Waals surface area contributed by atoms with E-state index in [2.05, 4.69) is 0 Å². The quantitative estimate of drug-likeness (QED) is 0.0834. The Balaban J connectivity index is 2.02. The molecule has 2 rings (SSSR count). The molecule has 0 unspecified atom stereocenters. The highest BCUT2D eigenvalue weighted by atomic mass is 16.6. The molecular weight excluding hydrogens is 568 g/mol. The maximum absolute atomic E-state index is 12.7. The van der Waals surface area contributed by atoms with Crippen molar-refractivity contribution in [3.05, 3.63) is 48.0 Å². The van der Waals surface area contributed by atoms with Crippen LogP contribution in [-0.2, 0) is 44.5 Å².